The molecule has 9 heteroatoms. The molecule has 0 saturated carbocycles. The van der Waals surface area contributed by atoms with Gasteiger partial charge in [0.15, 0.2) is 5.13 Å². The predicted octanol–water partition coefficient (Wildman–Crippen LogP) is 1.59. The average Bonchev–Trinajstić information content (AvgIpc) is 3.00. The number of non-ortho nitro benzene ring substituents is 1. The Labute approximate surface area is 142 Å². The summed E-state index contributed by atoms with van der Waals surface area (Å²) in [5, 5.41) is 11.2. The number of thiazole rings is 1. The van der Waals surface area contributed by atoms with Crippen LogP contribution in [0.15, 0.2) is 30.5 Å². The molecule has 8 nitrogen and oxygen atoms in total. The van der Waals surface area contributed by atoms with Crippen molar-refractivity contribution in [2.75, 3.05) is 31.9 Å². The number of hydrogen-bond donors (Lipinski definition) is 1. The molecule has 2 N–H and O–H groups in total. The van der Waals surface area contributed by atoms with Crippen LogP contribution >= 0.6 is 11.3 Å². The quantitative estimate of drug-likeness (QED) is 0.665. The number of amides is 1. The molecule has 0 bridgehead atoms. The van der Waals surface area contributed by atoms with Crippen molar-refractivity contribution >= 4 is 28.1 Å². The number of hydrogen-bond acceptors (Lipinski definition) is 7. The summed E-state index contributed by atoms with van der Waals surface area (Å²) in [7, 11) is 0. The van der Waals surface area contributed by atoms with E-state index in [4.69, 9.17) is 5.73 Å². The number of nitro groups is 1. The first-order chi connectivity index (χ1) is 11.5. The topological polar surface area (TPSA) is 106 Å². The van der Waals surface area contributed by atoms with Crippen molar-refractivity contribution in [1.82, 2.24) is 14.8 Å². The minimum absolute atomic E-state index is 0.0137. The van der Waals surface area contributed by atoms with Crippen molar-refractivity contribution in [1.29, 1.82) is 0 Å². The summed E-state index contributed by atoms with van der Waals surface area (Å²) in [6.07, 6.45) is 1.79. The van der Waals surface area contributed by atoms with Crippen molar-refractivity contribution in [2.24, 2.45) is 0 Å². The highest BCUT2D eigenvalue weighted by atomic mass is 32.1. The van der Waals surface area contributed by atoms with Crippen LogP contribution in [0.5, 0.6) is 0 Å². The van der Waals surface area contributed by atoms with E-state index >= 15 is 0 Å². The summed E-state index contributed by atoms with van der Waals surface area (Å²) in [5.74, 6) is -0.0911. The van der Waals surface area contributed by atoms with Gasteiger partial charge in [-0.1, -0.05) is 0 Å². The lowest BCUT2D eigenvalue weighted by Gasteiger charge is -2.34. The van der Waals surface area contributed by atoms with E-state index in [2.05, 4.69) is 9.88 Å². The first-order valence-electron chi connectivity index (χ1n) is 7.49. The largest absolute Gasteiger partial charge is 0.375 e. The summed E-state index contributed by atoms with van der Waals surface area (Å²) < 4.78 is 0. The lowest BCUT2D eigenvalue weighted by molar-refractivity contribution is -0.384. The zero-order chi connectivity index (χ0) is 17.1. The Morgan fingerprint density at radius 3 is 2.46 bits per heavy atom. The van der Waals surface area contributed by atoms with Gasteiger partial charge in [0, 0.05) is 61.5 Å². The van der Waals surface area contributed by atoms with Gasteiger partial charge in [-0.05, 0) is 12.1 Å². The second-order valence-corrected chi connectivity index (χ2v) is 6.68. The minimum atomic E-state index is -0.473. The number of nitrogen functional groups attached to an aromatic ring is 1. The fraction of sp³-hybridized carbons (Fsp3) is 0.333. The predicted molar refractivity (Wildman–Crippen MR) is 90.8 cm³/mol. The molecular formula is C15H17N5O3S. The molecule has 0 atom stereocenters. The smallest absolute Gasteiger partial charge is 0.269 e. The zero-order valence-electron chi connectivity index (χ0n) is 12.9. The van der Waals surface area contributed by atoms with Gasteiger partial charge < -0.3 is 10.6 Å². The van der Waals surface area contributed by atoms with Crippen LogP contribution in [0.3, 0.4) is 0 Å². The Balaban J connectivity index is 1.55. The third-order valence-corrected chi connectivity index (χ3v) is 4.75. The summed E-state index contributed by atoms with van der Waals surface area (Å²) in [5.41, 5.74) is 6.10. The highest BCUT2D eigenvalue weighted by Crippen LogP contribution is 2.18. The van der Waals surface area contributed by atoms with Gasteiger partial charge in [-0.2, -0.15) is 0 Å². The molecule has 0 unspecified atom stereocenters. The first-order valence-corrected chi connectivity index (χ1v) is 8.31. The number of benzene rings is 1. The van der Waals surface area contributed by atoms with Crippen LogP contribution < -0.4 is 5.73 Å². The van der Waals surface area contributed by atoms with Crippen LogP contribution in [0.25, 0.3) is 0 Å². The summed E-state index contributed by atoms with van der Waals surface area (Å²) in [6.45, 7) is 3.59. The summed E-state index contributed by atoms with van der Waals surface area (Å²) in [6, 6.07) is 5.73. The highest BCUT2D eigenvalue weighted by Gasteiger charge is 2.23. The van der Waals surface area contributed by atoms with E-state index < -0.39 is 4.92 Å². The van der Waals surface area contributed by atoms with E-state index in [0.29, 0.717) is 23.8 Å². The Bertz CT molecular complexity index is 738. The SMILES string of the molecule is Nc1ncc(CN2CCN(C(=O)c3ccc([N+](=O)[O-])cc3)CC2)s1. The second kappa shape index (κ2) is 6.93. The van der Waals surface area contributed by atoms with Crippen molar-refractivity contribution < 1.29 is 9.72 Å². The second-order valence-electron chi connectivity index (χ2n) is 5.54. The van der Waals surface area contributed by atoms with Gasteiger partial charge in [0.2, 0.25) is 0 Å². The fourth-order valence-corrected chi connectivity index (χ4v) is 3.36. The standard InChI is InChI=1S/C15H17N5O3S/c16-15-17-9-13(24-15)10-18-5-7-19(8-6-18)14(21)11-1-3-12(4-2-11)20(22)23/h1-4,9H,5-8,10H2,(H2,16,17). The number of nitrogens with zero attached hydrogens (tertiary/aromatic N) is 4. The van der Waals surface area contributed by atoms with Gasteiger partial charge in [-0.3, -0.25) is 19.8 Å². The molecule has 2 aromatic rings. The lowest BCUT2D eigenvalue weighted by atomic mass is 10.1. The molecule has 126 valence electrons. The highest BCUT2D eigenvalue weighted by molar-refractivity contribution is 7.15. The normalized spacial score (nSPS) is 15.4. The zero-order valence-corrected chi connectivity index (χ0v) is 13.7. The molecule has 1 aliphatic rings. The van der Waals surface area contributed by atoms with Crippen LogP contribution in [-0.2, 0) is 6.54 Å². The number of piperazine rings is 1. The van der Waals surface area contributed by atoms with Gasteiger partial charge >= 0.3 is 0 Å². The Kier molecular flexibility index (Phi) is 4.72. The maximum atomic E-state index is 12.5. The van der Waals surface area contributed by atoms with E-state index in [9.17, 15) is 14.9 Å². The molecule has 1 saturated heterocycles. The van der Waals surface area contributed by atoms with Gasteiger partial charge in [0.25, 0.3) is 11.6 Å². The van der Waals surface area contributed by atoms with E-state index in [1.54, 1.807) is 11.1 Å². The molecule has 0 aliphatic carbocycles. The fourth-order valence-electron chi connectivity index (χ4n) is 2.63. The van der Waals surface area contributed by atoms with Gasteiger partial charge in [0.1, 0.15) is 0 Å². The number of anilines is 1. The van der Waals surface area contributed by atoms with Gasteiger partial charge in [-0.25, -0.2) is 4.98 Å². The lowest BCUT2D eigenvalue weighted by Crippen LogP contribution is -2.48. The van der Waals surface area contributed by atoms with E-state index in [1.807, 2.05) is 0 Å². The molecule has 1 fully saturated rings. The van der Waals surface area contributed by atoms with E-state index in [0.717, 1.165) is 24.5 Å². The van der Waals surface area contributed by atoms with E-state index in [1.165, 1.54) is 35.6 Å². The molecule has 1 aromatic carbocycles. The molecular weight excluding hydrogens is 330 g/mol. The number of aromatic nitrogens is 1. The monoisotopic (exact) mass is 347 g/mol. The number of rotatable bonds is 4. The molecule has 0 radical (unpaired) electrons. The van der Waals surface area contributed by atoms with Crippen LogP contribution in [-0.4, -0.2) is 51.8 Å². The molecule has 0 spiro atoms. The molecule has 1 aromatic heterocycles. The molecule has 1 aliphatic heterocycles. The number of carbonyl (C=O) groups is 1. The molecule has 3 rings (SSSR count). The van der Waals surface area contributed by atoms with Crippen LogP contribution in [0.2, 0.25) is 0 Å². The Morgan fingerprint density at radius 2 is 1.92 bits per heavy atom. The number of nitro benzene ring substituents is 1. The third-order valence-electron chi connectivity index (χ3n) is 3.94. The van der Waals surface area contributed by atoms with Crippen molar-refractivity contribution in [3.05, 3.63) is 51.0 Å². The molecule has 24 heavy (non-hydrogen) atoms. The van der Waals surface area contributed by atoms with Crippen molar-refractivity contribution in [2.45, 2.75) is 6.54 Å². The first kappa shape index (κ1) is 16.3. The Morgan fingerprint density at radius 1 is 1.25 bits per heavy atom. The third kappa shape index (κ3) is 3.69. The molecule has 1 amide bonds. The number of nitrogens with two attached hydrogens (primary N) is 1. The van der Waals surface area contributed by atoms with Crippen LogP contribution in [0, 0.1) is 10.1 Å². The minimum Gasteiger partial charge on any atom is -0.375 e. The maximum absolute atomic E-state index is 12.5. The van der Waals surface area contributed by atoms with Crippen molar-refractivity contribution in [3.63, 3.8) is 0 Å². The van der Waals surface area contributed by atoms with Crippen molar-refractivity contribution in [3.8, 4) is 0 Å². The molecule has 2 heterocycles. The Hall–Kier alpha value is -2.52. The van der Waals surface area contributed by atoms with Crippen LogP contribution in [0.1, 0.15) is 15.2 Å². The average molecular weight is 347 g/mol. The maximum Gasteiger partial charge on any atom is 0.269 e. The number of carbonyl (C=O) groups excluding carboxylic acids is 1. The van der Waals surface area contributed by atoms with Gasteiger partial charge in [0.05, 0.1) is 4.92 Å². The summed E-state index contributed by atoms with van der Waals surface area (Å²) in [4.78, 5) is 31.8. The van der Waals surface area contributed by atoms with E-state index in [-0.39, 0.29) is 11.6 Å². The van der Waals surface area contributed by atoms with Gasteiger partial charge in [-0.15, -0.1) is 11.3 Å². The van der Waals surface area contributed by atoms with Crippen LogP contribution in [0.4, 0.5) is 10.8 Å². The summed E-state index contributed by atoms with van der Waals surface area (Å²) >= 11 is 1.48.